The van der Waals surface area contributed by atoms with Crippen LogP contribution >= 0.6 is 0 Å². The van der Waals surface area contributed by atoms with Gasteiger partial charge in [-0.3, -0.25) is 0 Å². The van der Waals surface area contributed by atoms with Gasteiger partial charge in [0.1, 0.15) is 11.6 Å². The highest BCUT2D eigenvalue weighted by Crippen LogP contribution is 2.08. The SMILES string of the molecule is CC.COCc1cc(F)cc(F)c1. The summed E-state index contributed by atoms with van der Waals surface area (Å²) >= 11 is 0. The summed E-state index contributed by atoms with van der Waals surface area (Å²) in [4.78, 5) is 0. The molecule has 0 saturated carbocycles. The van der Waals surface area contributed by atoms with E-state index in [9.17, 15) is 8.78 Å². The molecule has 0 aliphatic heterocycles. The normalized spacial score (nSPS) is 9.00. The number of rotatable bonds is 2. The fourth-order valence-electron chi connectivity index (χ4n) is 0.861. The predicted molar refractivity (Wildman–Crippen MR) is 48.4 cm³/mol. The van der Waals surface area contributed by atoms with Crippen LogP contribution in [0, 0.1) is 11.6 Å². The number of hydrogen-bond donors (Lipinski definition) is 0. The lowest BCUT2D eigenvalue weighted by atomic mass is 10.2. The third kappa shape index (κ3) is 4.58. The molecule has 0 unspecified atom stereocenters. The van der Waals surface area contributed by atoms with Crippen LogP contribution in [0.1, 0.15) is 19.4 Å². The maximum absolute atomic E-state index is 12.5. The van der Waals surface area contributed by atoms with Gasteiger partial charge in [0.15, 0.2) is 0 Å². The summed E-state index contributed by atoms with van der Waals surface area (Å²) in [5, 5.41) is 0. The molecule has 0 radical (unpaired) electrons. The number of methoxy groups -OCH3 is 1. The zero-order valence-corrected chi connectivity index (χ0v) is 8.10. The van der Waals surface area contributed by atoms with Crippen molar-refractivity contribution >= 4 is 0 Å². The van der Waals surface area contributed by atoms with E-state index in [0.29, 0.717) is 5.56 Å². The highest BCUT2D eigenvalue weighted by atomic mass is 19.1. The van der Waals surface area contributed by atoms with Crippen LogP contribution in [0.2, 0.25) is 0 Å². The van der Waals surface area contributed by atoms with E-state index in [1.807, 2.05) is 13.8 Å². The average molecular weight is 188 g/mol. The smallest absolute Gasteiger partial charge is 0.126 e. The second-order valence-electron chi connectivity index (χ2n) is 2.21. The lowest BCUT2D eigenvalue weighted by Crippen LogP contribution is -1.90. The molecule has 0 amide bonds. The van der Waals surface area contributed by atoms with E-state index < -0.39 is 11.6 Å². The Hall–Kier alpha value is -0.960. The minimum Gasteiger partial charge on any atom is -0.380 e. The molecule has 0 N–H and O–H groups in total. The van der Waals surface area contributed by atoms with E-state index in [2.05, 4.69) is 0 Å². The first-order valence-corrected chi connectivity index (χ1v) is 4.16. The van der Waals surface area contributed by atoms with Crippen molar-refractivity contribution in [3.63, 3.8) is 0 Å². The molecule has 1 aromatic rings. The average Bonchev–Trinajstić information content (AvgIpc) is 2.06. The van der Waals surface area contributed by atoms with E-state index in [0.717, 1.165) is 6.07 Å². The van der Waals surface area contributed by atoms with Crippen molar-refractivity contribution in [3.05, 3.63) is 35.4 Å². The molecule has 0 saturated heterocycles. The van der Waals surface area contributed by atoms with E-state index in [1.54, 1.807) is 0 Å². The van der Waals surface area contributed by atoms with Gasteiger partial charge in [0.05, 0.1) is 6.61 Å². The third-order valence-corrected chi connectivity index (χ3v) is 1.23. The fourth-order valence-corrected chi connectivity index (χ4v) is 0.861. The predicted octanol–water partition coefficient (Wildman–Crippen LogP) is 3.14. The lowest BCUT2D eigenvalue weighted by Gasteiger charge is -1.98. The van der Waals surface area contributed by atoms with Crippen LogP contribution in [0.3, 0.4) is 0 Å². The van der Waals surface area contributed by atoms with Gasteiger partial charge < -0.3 is 4.74 Å². The van der Waals surface area contributed by atoms with Crippen molar-refractivity contribution in [2.45, 2.75) is 20.5 Å². The number of hydrogen-bond acceptors (Lipinski definition) is 1. The highest BCUT2D eigenvalue weighted by Gasteiger charge is 1.98. The second-order valence-corrected chi connectivity index (χ2v) is 2.21. The zero-order valence-electron chi connectivity index (χ0n) is 8.10. The molecule has 0 fully saturated rings. The first-order valence-electron chi connectivity index (χ1n) is 4.16. The van der Waals surface area contributed by atoms with Crippen molar-refractivity contribution in [2.24, 2.45) is 0 Å². The van der Waals surface area contributed by atoms with Gasteiger partial charge in [-0.15, -0.1) is 0 Å². The second kappa shape index (κ2) is 6.54. The Balaban J connectivity index is 0.000000671. The van der Waals surface area contributed by atoms with Gasteiger partial charge in [-0.05, 0) is 17.7 Å². The molecule has 3 heteroatoms. The van der Waals surface area contributed by atoms with Crippen LogP contribution in [0.25, 0.3) is 0 Å². The van der Waals surface area contributed by atoms with Crippen molar-refractivity contribution in [3.8, 4) is 0 Å². The maximum Gasteiger partial charge on any atom is 0.126 e. The number of benzene rings is 1. The van der Waals surface area contributed by atoms with Gasteiger partial charge >= 0.3 is 0 Å². The van der Waals surface area contributed by atoms with E-state index in [1.165, 1.54) is 19.2 Å². The van der Waals surface area contributed by atoms with E-state index >= 15 is 0 Å². The minimum absolute atomic E-state index is 0.231. The molecule has 1 aromatic carbocycles. The molecule has 13 heavy (non-hydrogen) atoms. The van der Waals surface area contributed by atoms with Crippen LogP contribution in [0.4, 0.5) is 8.78 Å². The molecule has 0 aliphatic rings. The van der Waals surface area contributed by atoms with Crippen LogP contribution < -0.4 is 0 Å². The summed E-state index contributed by atoms with van der Waals surface area (Å²) in [6.45, 7) is 4.23. The van der Waals surface area contributed by atoms with Gasteiger partial charge in [-0.1, -0.05) is 13.8 Å². The highest BCUT2D eigenvalue weighted by molar-refractivity contribution is 5.16. The largest absolute Gasteiger partial charge is 0.380 e. The summed E-state index contributed by atoms with van der Waals surface area (Å²) in [5.41, 5.74) is 0.505. The molecule has 1 rings (SSSR count). The number of ether oxygens (including phenoxy) is 1. The minimum atomic E-state index is -0.572. The summed E-state index contributed by atoms with van der Waals surface area (Å²) in [7, 11) is 1.48. The first-order chi connectivity index (χ1) is 6.22. The Bertz CT molecular complexity index is 228. The molecule has 74 valence electrons. The summed E-state index contributed by atoms with van der Waals surface area (Å²) in [5.74, 6) is -1.14. The topological polar surface area (TPSA) is 9.23 Å². The molecule has 0 heterocycles. The van der Waals surface area contributed by atoms with Crippen LogP contribution in [0.5, 0.6) is 0 Å². The summed E-state index contributed by atoms with van der Waals surface area (Å²) in [6, 6.07) is 3.32. The van der Waals surface area contributed by atoms with E-state index in [-0.39, 0.29) is 6.61 Å². The van der Waals surface area contributed by atoms with Crippen LogP contribution in [-0.4, -0.2) is 7.11 Å². The number of halogens is 2. The summed E-state index contributed by atoms with van der Waals surface area (Å²) in [6.07, 6.45) is 0. The Morgan fingerprint density at radius 3 is 1.92 bits per heavy atom. The van der Waals surface area contributed by atoms with Crippen molar-refractivity contribution in [1.29, 1.82) is 0 Å². The van der Waals surface area contributed by atoms with E-state index in [4.69, 9.17) is 4.74 Å². The molecule has 0 aliphatic carbocycles. The Morgan fingerprint density at radius 2 is 1.54 bits per heavy atom. The van der Waals surface area contributed by atoms with Gasteiger partial charge in [0, 0.05) is 13.2 Å². The molecule has 0 bridgehead atoms. The Labute approximate surface area is 77.3 Å². The Kier molecular flexibility index (Phi) is 6.06. The molecule has 1 nitrogen and oxygen atoms in total. The third-order valence-electron chi connectivity index (χ3n) is 1.23. The van der Waals surface area contributed by atoms with Crippen molar-refractivity contribution < 1.29 is 13.5 Å². The van der Waals surface area contributed by atoms with Gasteiger partial charge in [0.25, 0.3) is 0 Å². The molecular formula is C10H14F2O. The van der Waals surface area contributed by atoms with Crippen LogP contribution in [0.15, 0.2) is 18.2 Å². The Morgan fingerprint density at radius 1 is 1.08 bits per heavy atom. The van der Waals surface area contributed by atoms with Gasteiger partial charge in [-0.2, -0.15) is 0 Å². The first kappa shape index (κ1) is 12.0. The zero-order chi connectivity index (χ0) is 10.3. The van der Waals surface area contributed by atoms with Gasteiger partial charge in [0.2, 0.25) is 0 Å². The standard InChI is InChI=1S/C8H8F2O.C2H6/c1-11-5-6-2-7(9)4-8(10)3-6;1-2/h2-4H,5H2,1H3;1-2H3. The quantitative estimate of drug-likeness (QED) is 0.692. The maximum atomic E-state index is 12.5. The molecule has 0 atom stereocenters. The fraction of sp³-hybridized carbons (Fsp3) is 0.400. The molecule has 0 spiro atoms. The molecular weight excluding hydrogens is 174 g/mol. The van der Waals surface area contributed by atoms with Crippen LogP contribution in [-0.2, 0) is 11.3 Å². The van der Waals surface area contributed by atoms with Crippen molar-refractivity contribution in [1.82, 2.24) is 0 Å². The molecule has 0 aromatic heterocycles. The lowest BCUT2D eigenvalue weighted by molar-refractivity contribution is 0.184. The van der Waals surface area contributed by atoms with Gasteiger partial charge in [-0.25, -0.2) is 8.78 Å². The monoisotopic (exact) mass is 188 g/mol. The summed E-state index contributed by atoms with van der Waals surface area (Å²) < 4.78 is 29.6. The van der Waals surface area contributed by atoms with Crippen molar-refractivity contribution in [2.75, 3.05) is 7.11 Å².